The van der Waals surface area contributed by atoms with Gasteiger partial charge in [0, 0.05) is 37.7 Å². The van der Waals surface area contributed by atoms with Crippen molar-refractivity contribution in [2.24, 2.45) is 5.92 Å². The lowest BCUT2D eigenvalue weighted by atomic mass is 10.0. The summed E-state index contributed by atoms with van der Waals surface area (Å²) in [6.45, 7) is 6.02. The monoisotopic (exact) mass is 311 g/mol. The molecule has 122 valence electrons. The molecule has 5 nitrogen and oxygen atoms in total. The van der Waals surface area contributed by atoms with Crippen molar-refractivity contribution in [3.8, 4) is 6.07 Å². The Hall–Kier alpha value is -1.83. The van der Waals surface area contributed by atoms with Crippen LogP contribution >= 0.6 is 0 Å². The highest BCUT2D eigenvalue weighted by molar-refractivity contribution is 5.61. The summed E-state index contributed by atoms with van der Waals surface area (Å²) in [6, 6.07) is 2.36. The van der Waals surface area contributed by atoms with Crippen molar-refractivity contribution in [1.82, 2.24) is 9.97 Å². The highest BCUT2D eigenvalue weighted by Crippen LogP contribution is 2.41. The third kappa shape index (κ3) is 2.87. The lowest BCUT2D eigenvalue weighted by Crippen LogP contribution is -2.47. The van der Waals surface area contributed by atoms with Gasteiger partial charge in [-0.2, -0.15) is 5.26 Å². The second-order valence-corrected chi connectivity index (χ2v) is 7.26. The maximum absolute atomic E-state index is 9.04. The van der Waals surface area contributed by atoms with Crippen LogP contribution in [0.25, 0.3) is 0 Å². The van der Waals surface area contributed by atoms with Gasteiger partial charge in [-0.05, 0) is 32.6 Å². The lowest BCUT2D eigenvalue weighted by molar-refractivity contribution is 0.497. The van der Waals surface area contributed by atoms with E-state index in [9.17, 15) is 0 Å². The Morgan fingerprint density at radius 3 is 2.13 bits per heavy atom. The maximum atomic E-state index is 9.04. The zero-order valence-electron chi connectivity index (χ0n) is 14.0. The molecule has 1 aliphatic carbocycles. The van der Waals surface area contributed by atoms with Crippen LogP contribution in [-0.2, 0) is 0 Å². The fourth-order valence-electron chi connectivity index (χ4n) is 3.67. The largest absolute Gasteiger partial charge is 0.356 e. The van der Waals surface area contributed by atoms with Crippen molar-refractivity contribution in [2.45, 2.75) is 51.4 Å². The van der Waals surface area contributed by atoms with E-state index >= 15 is 0 Å². The average Bonchev–Trinajstić information content (AvgIpc) is 3.34. The van der Waals surface area contributed by atoms with Gasteiger partial charge in [0.05, 0.1) is 12.0 Å². The number of nitrogens with zero attached hydrogens (tertiary/aromatic N) is 5. The summed E-state index contributed by atoms with van der Waals surface area (Å²) in [7, 11) is 0. The molecule has 2 saturated heterocycles. The molecule has 0 atom stereocenters. The molecule has 0 unspecified atom stereocenters. The van der Waals surface area contributed by atoms with Crippen LogP contribution in [0.4, 0.5) is 11.6 Å². The predicted octanol–water partition coefficient (Wildman–Crippen LogP) is 3.00. The number of aromatic nitrogens is 2. The molecule has 3 aliphatic rings. The second-order valence-electron chi connectivity index (χ2n) is 7.26. The molecule has 0 amide bonds. The third-order valence-corrected chi connectivity index (χ3v) is 5.32. The van der Waals surface area contributed by atoms with Crippen LogP contribution < -0.4 is 9.80 Å². The third-order valence-electron chi connectivity index (χ3n) is 5.32. The molecule has 1 aromatic heterocycles. The van der Waals surface area contributed by atoms with Gasteiger partial charge in [-0.15, -0.1) is 0 Å². The molecule has 1 saturated carbocycles. The summed E-state index contributed by atoms with van der Waals surface area (Å²) < 4.78 is 0. The molecule has 0 spiro atoms. The van der Waals surface area contributed by atoms with Crippen LogP contribution in [0.5, 0.6) is 0 Å². The lowest BCUT2D eigenvalue weighted by Gasteiger charge is -2.38. The first-order valence-electron chi connectivity index (χ1n) is 9.04. The van der Waals surface area contributed by atoms with Gasteiger partial charge in [0.1, 0.15) is 17.5 Å². The summed E-state index contributed by atoms with van der Waals surface area (Å²) in [5.74, 6) is 3.99. The van der Waals surface area contributed by atoms with E-state index in [1.54, 1.807) is 0 Å². The predicted molar refractivity (Wildman–Crippen MR) is 90.7 cm³/mol. The van der Waals surface area contributed by atoms with Crippen molar-refractivity contribution >= 4 is 11.6 Å². The summed E-state index contributed by atoms with van der Waals surface area (Å²) in [5, 5.41) is 9.04. The minimum absolute atomic E-state index is 0.162. The second kappa shape index (κ2) is 5.99. The summed E-state index contributed by atoms with van der Waals surface area (Å²) in [5.41, 5.74) is 1.20. The molecule has 2 aliphatic heterocycles. The Morgan fingerprint density at radius 1 is 0.957 bits per heavy atom. The first-order valence-corrected chi connectivity index (χ1v) is 9.04. The fraction of sp³-hybridized carbons (Fsp3) is 0.722. The van der Waals surface area contributed by atoms with E-state index in [1.807, 2.05) is 0 Å². The van der Waals surface area contributed by atoms with Gasteiger partial charge in [0.15, 0.2) is 0 Å². The zero-order chi connectivity index (χ0) is 15.8. The van der Waals surface area contributed by atoms with E-state index in [2.05, 4.69) is 22.8 Å². The Morgan fingerprint density at radius 2 is 1.57 bits per heavy atom. The van der Waals surface area contributed by atoms with Crippen LogP contribution in [0.1, 0.15) is 55.8 Å². The van der Waals surface area contributed by atoms with Crippen molar-refractivity contribution < 1.29 is 0 Å². The molecule has 3 heterocycles. The van der Waals surface area contributed by atoms with Gasteiger partial charge >= 0.3 is 0 Å². The molecule has 0 aromatic carbocycles. The highest BCUT2D eigenvalue weighted by atomic mass is 15.3. The Balaban J connectivity index is 1.67. The van der Waals surface area contributed by atoms with Crippen LogP contribution in [0.2, 0.25) is 0 Å². The van der Waals surface area contributed by atoms with E-state index in [1.165, 1.54) is 44.1 Å². The minimum Gasteiger partial charge on any atom is -0.356 e. The Kier molecular flexibility index (Phi) is 3.84. The van der Waals surface area contributed by atoms with Gasteiger partial charge in [-0.3, -0.25) is 0 Å². The first kappa shape index (κ1) is 14.7. The molecular formula is C18H25N5. The summed E-state index contributed by atoms with van der Waals surface area (Å²) >= 11 is 0. The SMILES string of the molecule is Cc1c(N2CCCCCC2)nc(C2CC2)nc1N1CC(C#N)C1. The maximum Gasteiger partial charge on any atom is 0.137 e. The van der Waals surface area contributed by atoms with E-state index in [4.69, 9.17) is 15.2 Å². The van der Waals surface area contributed by atoms with Gasteiger partial charge in [-0.25, -0.2) is 9.97 Å². The molecule has 0 N–H and O–H groups in total. The van der Waals surface area contributed by atoms with Crippen molar-refractivity contribution in [3.05, 3.63) is 11.4 Å². The molecule has 5 heteroatoms. The van der Waals surface area contributed by atoms with E-state index < -0.39 is 0 Å². The van der Waals surface area contributed by atoms with Gasteiger partial charge in [0.25, 0.3) is 0 Å². The number of nitriles is 1. The number of anilines is 2. The Bertz CT molecular complexity index is 617. The van der Waals surface area contributed by atoms with Gasteiger partial charge in [0.2, 0.25) is 0 Å². The van der Waals surface area contributed by atoms with Crippen LogP contribution in [-0.4, -0.2) is 36.1 Å². The smallest absolute Gasteiger partial charge is 0.137 e. The quantitative estimate of drug-likeness (QED) is 0.859. The standard InChI is InChI=1S/C18H25N5/c1-13-17(22-8-4-2-3-5-9-22)20-16(15-6-7-15)21-18(13)23-11-14(10-19)12-23/h14-15H,2-9,11-12H2,1H3. The average molecular weight is 311 g/mol. The normalized spacial score (nSPS) is 22.4. The molecule has 3 fully saturated rings. The van der Waals surface area contributed by atoms with E-state index in [0.717, 1.165) is 43.6 Å². The Labute approximate surface area is 138 Å². The van der Waals surface area contributed by atoms with Gasteiger partial charge in [-0.1, -0.05) is 12.8 Å². The molecular weight excluding hydrogens is 286 g/mol. The molecule has 4 rings (SSSR count). The molecule has 1 aromatic rings. The minimum atomic E-state index is 0.162. The summed E-state index contributed by atoms with van der Waals surface area (Å²) in [6.07, 6.45) is 7.64. The van der Waals surface area contributed by atoms with Gasteiger partial charge < -0.3 is 9.80 Å². The van der Waals surface area contributed by atoms with Crippen molar-refractivity contribution in [3.63, 3.8) is 0 Å². The zero-order valence-corrected chi connectivity index (χ0v) is 14.0. The van der Waals surface area contributed by atoms with Crippen LogP contribution in [0, 0.1) is 24.2 Å². The van der Waals surface area contributed by atoms with Crippen LogP contribution in [0.3, 0.4) is 0 Å². The van der Waals surface area contributed by atoms with E-state index in [0.29, 0.717) is 5.92 Å². The molecule has 0 bridgehead atoms. The van der Waals surface area contributed by atoms with Crippen molar-refractivity contribution in [1.29, 1.82) is 5.26 Å². The first-order chi connectivity index (χ1) is 11.3. The molecule has 23 heavy (non-hydrogen) atoms. The number of hydrogen-bond acceptors (Lipinski definition) is 5. The number of rotatable bonds is 3. The summed E-state index contributed by atoms with van der Waals surface area (Å²) in [4.78, 5) is 14.6. The fourth-order valence-corrected chi connectivity index (χ4v) is 3.67. The van der Waals surface area contributed by atoms with Crippen LogP contribution in [0.15, 0.2) is 0 Å². The van der Waals surface area contributed by atoms with E-state index in [-0.39, 0.29) is 5.92 Å². The topological polar surface area (TPSA) is 56.1 Å². The molecule has 0 radical (unpaired) electrons. The number of hydrogen-bond donors (Lipinski definition) is 0. The highest BCUT2D eigenvalue weighted by Gasteiger charge is 2.33. The van der Waals surface area contributed by atoms with Crippen molar-refractivity contribution in [2.75, 3.05) is 36.0 Å².